The molecule has 1 saturated heterocycles. The summed E-state index contributed by atoms with van der Waals surface area (Å²) in [4.78, 5) is 28.6. The van der Waals surface area contributed by atoms with E-state index in [9.17, 15) is 14.7 Å². The number of carbonyl (C=O) groups excluding carboxylic acids is 1. The van der Waals surface area contributed by atoms with Gasteiger partial charge in [0.25, 0.3) is 5.91 Å². The van der Waals surface area contributed by atoms with E-state index in [1.165, 1.54) is 0 Å². The molecule has 0 bridgehead atoms. The second kappa shape index (κ2) is 4.86. The van der Waals surface area contributed by atoms with Crippen molar-refractivity contribution in [3.63, 3.8) is 0 Å². The minimum absolute atomic E-state index is 0.0187. The van der Waals surface area contributed by atoms with E-state index in [1.807, 2.05) is 20.8 Å². The zero-order chi connectivity index (χ0) is 15.1. The van der Waals surface area contributed by atoms with Crippen LogP contribution in [-0.2, 0) is 10.2 Å². The van der Waals surface area contributed by atoms with Gasteiger partial charge in [-0.2, -0.15) is 0 Å². The predicted octanol–water partition coefficient (Wildman–Crippen LogP) is -0.238. The Morgan fingerprint density at radius 1 is 1.40 bits per heavy atom. The molecule has 8 nitrogen and oxygen atoms in total. The van der Waals surface area contributed by atoms with E-state index < -0.39 is 24.0 Å². The summed E-state index contributed by atoms with van der Waals surface area (Å²) in [5, 5.41) is 25.2. The van der Waals surface area contributed by atoms with Crippen LogP contribution in [0.1, 0.15) is 43.6 Å². The molecule has 1 fully saturated rings. The van der Waals surface area contributed by atoms with Crippen LogP contribution in [0, 0.1) is 0 Å². The third-order valence-electron chi connectivity index (χ3n) is 3.21. The molecule has 2 atom stereocenters. The van der Waals surface area contributed by atoms with Gasteiger partial charge in [-0.1, -0.05) is 20.8 Å². The van der Waals surface area contributed by atoms with Crippen LogP contribution in [0.2, 0.25) is 0 Å². The lowest BCUT2D eigenvalue weighted by Crippen LogP contribution is -2.41. The standard InChI is InChI=1S/C12H18N4O4/c1-12(2,3)11-13-8(14-15-11)9(18)16-5-6(17)4-7(16)10(19)20/h6-7,17H,4-5H2,1-3H3,(H,19,20)(H,13,14,15)/t6?,7-/m0/s1. The van der Waals surface area contributed by atoms with Crippen molar-refractivity contribution in [1.82, 2.24) is 20.1 Å². The van der Waals surface area contributed by atoms with Crippen LogP contribution in [0.3, 0.4) is 0 Å². The molecular weight excluding hydrogens is 264 g/mol. The molecule has 1 aromatic rings. The molecule has 1 amide bonds. The summed E-state index contributed by atoms with van der Waals surface area (Å²) in [6.45, 7) is 5.74. The summed E-state index contributed by atoms with van der Waals surface area (Å²) in [6, 6.07) is -1.03. The van der Waals surface area contributed by atoms with Crippen molar-refractivity contribution in [2.75, 3.05) is 6.54 Å². The van der Waals surface area contributed by atoms with Crippen LogP contribution in [0.5, 0.6) is 0 Å². The SMILES string of the molecule is CC(C)(C)c1nc(C(=O)N2CC(O)C[C@H]2C(=O)O)n[nH]1. The molecule has 8 heteroatoms. The number of nitrogens with one attached hydrogen (secondary N) is 1. The Morgan fingerprint density at radius 3 is 2.55 bits per heavy atom. The number of hydrogen-bond donors (Lipinski definition) is 3. The Bertz CT molecular complexity index is 534. The second-order valence-electron chi connectivity index (χ2n) is 5.96. The lowest BCUT2D eigenvalue weighted by molar-refractivity contribution is -0.141. The molecule has 0 radical (unpaired) electrons. The van der Waals surface area contributed by atoms with Gasteiger partial charge < -0.3 is 15.1 Å². The quantitative estimate of drug-likeness (QED) is 0.689. The molecular formula is C12H18N4O4. The number of carbonyl (C=O) groups is 2. The second-order valence-corrected chi connectivity index (χ2v) is 5.96. The molecule has 2 rings (SSSR count). The van der Waals surface area contributed by atoms with Crippen molar-refractivity contribution >= 4 is 11.9 Å². The topological polar surface area (TPSA) is 119 Å². The number of amides is 1. The minimum atomic E-state index is -1.14. The van der Waals surface area contributed by atoms with E-state index in [1.54, 1.807) is 0 Å². The number of hydrogen-bond acceptors (Lipinski definition) is 5. The summed E-state index contributed by atoms with van der Waals surface area (Å²) in [7, 11) is 0. The van der Waals surface area contributed by atoms with Gasteiger partial charge in [-0.05, 0) is 0 Å². The van der Waals surface area contributed by atoms with Crippen LogP contribution < -0.4 is 0 Å². The highest BCUT2D eigenvalue weighted by atomic mass is 16.4. The molecule has 0 spiro atoms. The van der Waals surface area contributed by atoms with Gasteiger partial charge in [-0.15, -0.1) is 5.10 Å². The molecule has 1 aromatic heterocycles. The van der Waals surface area contributed by atoms with E-state index in [2.05, 4.69) is 15.2 Å². The van der Waals surface area contributed by atoms with E-state index in [0.717, 1.165) is 4.90 Å². The molecule has 1 unspecified atom stereocenters. The molecule has 2 heterocycles. The van der Waals surface area contributed by atoms with Crippen molar-refractivity contribution in [1.29, 1.82) is 0 Å². The maximum Gasteiger partial charge on any atom is 0.326 e. The fourth-order valence-corrected chi connectivity index (χ4v) is 2.09. The monoisotopic (exact) mass is 282 g/mol. The largest absolute Gasteiger partial charge is 0.480 e. The van der Waals surface area contributed by atoms with Crippen LogP contribution in [0.25, 0.3) is 0 Å². The molecule has 3 N–H and O–H groups in total. The van der Waals surface area contributed by atoms with Crippen molar-refractivity contribution in [3.8, 4) is 0 Å². The van der Waals surface area contributed by atoms with Crippen LogP contribution in [0.4, 0.5) is 0 Å². The van der Waals surface area contributed by atoms with Gasteiger partial charge in [0.15, 0.2) is 0 Å². The summed E-state index contributed by atoms with van der Waals surface area (Å²) >= 11 is 0. The Balaban J connectivity index is 2.23. The Labute approximate surface area is 115 Å². The van der Waals surface area contributed by atoms with Crippen molar-refractivity contribution < 1.29 is 19.8 Å². The molecule has 0 aliphatic carbocycles. The van der Waals surface area contributed by atoms with Gasteiger partial charge in [0.1, 0.15) is 11.9 Å². The number of H-pyrrole nitrogens is 1. The zero-order valence-electron chi connectivity index (χ0n) is 11.6. The van der Waals surface area contributed by atoms with E-state index in [0.29, 0.717) is 5.82 Å². The number of carboxylic acids is 1. The molecule has 20 heavy (non-hydrogen) atoms. The van der Waals surface area contributed by atoms with Crippen LogP contribution >= 0.6 is 0 Å². The number of β-amino-alcohol motifs (C(OH)–C–C–N with tert-alkyl or cyclic N) is 1. The van der Waals surface area contributed by atoms with Gasteiger partial charge in [0, 0.05) is 18.4 Å². The van der Waals surface area contributed by atoms with E-state index in [4.69, 9.17) is 5.11 Å². The molecule has 1 aliphatic heterocycles. The highest BCUT2D eigenvalue weighted by Gasteiger charge is 2.40. The zero-order valence-corrected chi connectivity index (χ0v) is 11.6. The number of likely N-dealkylation sites (tertiary alicyclic amines) is 1. The van der Waals surface area contributed by atoms with Crippen molar-refractivity contribution in [2.45, 2.75) is 44.8 Å². The molecule has 0 saturated carbocycles. The Morgan fingerprint density at radius 2 is 2.05 bits per heavy atom. The number of nitrogens with zero attached hydrogens (tertiary/aromatic N) is 3. The molecule has 1 aliphatic rings. The molecule has 110 valence electrons. The van der Waals surface area contributed by atoms with Gasteiger partial charge in [0.2, 0.25) is 5.82 Å². The summed E-state index contributed by atoms with van der Waals surface area (Å²) in [5.74, 6) is -1.25. The summed E-state index contributed by atoms with van der Waals surface area (Å²) in [6.07, 6.45) is -0.807. The van der Waals surface area contributed by atoms with Crippen LogP contribution in [-0.4, -0.2) is 60.9 Å². The highest BCUT2D eigenvalue weighted by molar-refractivity contribution is 5.94. The Hall–Kier alpha value is -1.96. The first-order chi connectivity index (χ1) is 9.20. The average Bonchev–Trinajstić information content (AvgIpc) is 2.93. The average molecular weight is 282 g/mol. The fourth-order valence-electron chi connectivity index (χ4n) is 2.09. The first-order valence-electron chi connectivity index (χ1n) is 6.35. The number of rotatable bonds is 2. The molecule has 0 aromatic carbocycles. The number of aliphatic hydroxyl groups is 1. The van der Waals surface area contributed by atoms with E-state index in [-0.39, 0.29) is 24.2 Å². The smallest absolute Gasteiger partial charge is 0.326 e. The summed E-state index contributed by atoms with van der Waals surface area (Å²) < 4.78 is 0. The minimum Gasteiger partial charge on any atom is -0.480 e. The fraction of sp³-hybridized carbons (Fsp3) is 0.667. The number of aromatic amines is 1. The van der Waals surface area contributed by atoms with Crippen LogP contribution in [0.15, 0.2) is 0 Å². The third-order valence-corrected chi connectivity index (χ3v) is 3.21. The number of aliphatic carboxylic acids is 1. The van der Waals surface area contributed by atoms with E-state index >= 15 is 0 Å². The summed E-state index contributed by atoms with van der Waals surface area (Å²) in [5.41, 5.74) is -0.289. The number of aliphatic hydroxyl groups excluding tert-OH is 1. The number of carboxylic acid groups (broad SMARTS) is 1. The lowest BCUT2D eigenvalue weighted by atomic mass is 9.96. The van der Waals surface area contributed by atoms with Gasteiger partial charge >= 0.3 is 5.97 Å². The maximum absolute atomic E-state index is 12.3. The Kier molecular flexibility index (Phi) is 3.51. The normalized spacial score (nSPS) is 23.1. The third kappa shape index (κ3) is 2.64. The maximum atomic E-state index is 12.3. The van der Waals surface area contributed by atoms with Crippen molar-refractivity contribution in [3.05, 3.63) is 11.6 Å². The lowest BCUT2D eigenvalue weighted by Gasteiger charge is -2.19. The van der Waals surface area contributed by atoms with Crippen molar-refractivity contribution in [2.24, 2.45) is 0 Å². The van der Waals surface area contributed by atoms with Gasteiger partial charge in [-0.25, -0.2) is 9.78 Å². The van der Waals surface area contributed by atoms with Gasteiger partial charge in [0.05, 0.1) is 6.10 Å². The van der Waals surface area contributed by atoms with Gasteiger partial charge in [-0.3, -0.25) is 9.89 Å². The first kappa shape index (κ1) is 14.4. The highest BCUT2D eigenvalue weighted by Crippen LogP contribution is 2.21. The number of aromatic nitrogens is 3. The predicted molar refractivity (Wildman–Crippen MR) is 68.2 cm³/mol. The first-order valence-corrected chi connectivity index (χ1v) is 6.35.